The van der Waals surface area contributed by atoms with Crippen LogP contribution in [0.1, 0.15) is 22.3 Å². The molecule has 1 fully saturated rings. The Balaban J connectivity index is 1.64. The van der Waals surface area contributed by atoms with E-state index < -0.39 is 11.5 Å². The van der Waals surface area contributed by atoms with Crippen LogP contribution in [-0.2, 0) is 15.1 Å². The zero-order valence-electron chi connectivity index (χ0n) is 16.4. The van der Waals surface area contributed by atoms with Crippen LogP contribution >= 0.6 is 0 Å². The molecule has 1 amide bonds. The van der Waals surface area contributed by atoms with Gasteiger partial charge in [-0.05, 0) is 18.2 Å². The molecule has 2 N–H and O–H groups in total. The van der Waals surface area contributed by atoms with Crippen molar-refractivity contribution in [2.45, 2.75) is 12.0 Å². The summed E-state index contributed by atoms with van der Waals surface area (Å²) in [6.07, 6.45) is -0.335. The number of quaternary nitrogens is 1. The second-order valence-electron chi connectivity index (χ2n) is 7.43. The van der Waals surface area contributed by atoms with Crippen molar-refractivity contribution >= 4 is 17.4 Å². The third kappa shape index (κ3) is 3.53. The number of morpholine rings is 1. The van der Waals surface area contributed by atoms with E-state index in [1.807, 2.05) is 12.1 Å². The predicted octanol–water partition coefficient (Wildman–Crippen LogP) is 0.375. The summed E-state index contributed by atoms with van der Waals surface area (Å²) in [6, 6.07) is 14.0. The third-order valence-corrected chi connectivity index (χ3v) is 5.64. The highest BCUT2D eigenvalue weighted by Gasteiger charge is 2.52. The van der Waals surface area contributed by atoms with E-state index in [1.54, 1.807) is 41.3 Å². The van der Waals surface area contributed by atoms with Gasteiger partial charge < -0.3 is 19.5 Å². The minimum absolute atomic E-state index is 0.335. The van der Waals surface area contributed by atoms with Gasteiger partial charge in [0, 0.05) is 5.56 Å². The van der Waals surface area contributed by atoms with Crippen molar-refractivity contribution < 1.29 is 29.1 Å². The van der Waals surface area contributed by atoms with Crippen LogP contribution in [0.4, 0.5) is 5.69 Å². The topological polar surface area (TPSA) is 80.5 Å². The van der Waals surface area contributed by atoms with E-state index in [0.29, 0.717) is 42.4 Å². The Morgan fingerprint density at radius 3 is 2.62 bits per heavy atom. The van der Waals surface area contributed by atoms with E-state index in [9.17, 15) is 14.7 Å². The van der Waals surface area contributed by atoms with Crippen molar-refractivity contribution in [2.75, 3.05) is 45.0 Å². The van der Waals surface area contributed by atoms with Gasteiger partial charge in [-0.2, -0.15) is 0 Å². The molecule has 2 aromatic carbocycles. The lowest BCUT2D eigenvalue weighted by molar-refractivity contribution is -0.906. The van der Waals surface area contributed by atoms with Crippen molar-refractivity contribution in [3.05, 3.63) is 59.7 Å². The SMILES string of the molecule is COc1ccccc1C(=O)C[C@@]1(O)C(=O)N(C[NH+]2CCOCC2)c2ccccc21. The average Bonchev–Trinajstić information content (AvgIpc) is 2.96. The first-order valence-electron chi connectivity index (χ1n) is 9.76. The highest BCUT2D eigenvalue weighted by Crippen LogP contribution is 2.42. The molecule has 4 rings (SSSR count). The molecule has 1 saturated heterocycles. The van der Waals surface area contributed by atoms with Gasteiger partial charge in [-0.25, -0.2) is 0 Å². The van der Waals surface area contributed by atoms with Crippen molar-refractivity contribution in [2.24, 2.45) is 0 Å². The number of benzene rings is 2. The quantitative estimate of drug-likeness (QED) is 0.689. The van der Waals surface area contributed by atoms with Crippen molar-refractivity contribution in [1.29, 1.82) is 0 Å². The zero-order chi connectivity index (χ0) is 20.4. The number of aliphatic hydroxyl groups is 1. The van der Waals surface area contributed by atoms with Gasteiger partial charge in [-0.3, -0.25) is 14.5 Å². The molecule has 0 unspecified atom stereocenters. The third-order valence-electron chi connectivity index (χ3n) is 5.64. The lowest BCUT2D eigenvalue weighted by Gasteiger charge is -2.29. The monoisotopic (exact) mass is 397 g/mol. The molecule has 0 aliphatic carbocycles. The van der Waals surface area contributed by atoms with Gasteiger partial charge in [0.25, 0.3) is 5.91 Å². The number of hydrogen-bond acceptors (Lipinski definition) is 5. The molecule has 0 aromatic heterocycles. The van der Waals surface area contributed by atoms with Crippen LogP contribution in [0.3, 0.4) is 0 Å². The van der Waals surface area contributed by atoms with Gasteiger partial charge in [0.15, 0.2) is 18.1 Å². The van der Waals surface area contributed by atoms with Gasteiger partial charge in [-0.1, -0.05) is 30.3 Å². The first kappa shape index (κ1) is 19.6. The van der Waals surface area contributed by atoms with Gasteiger partial charge in [0.2, 0.25) is 0 Å². The number of carbonyl (C=O) groups is 2. The average molecular weight is 397 g/mol. The molecule has 0 bridgehead atoms. The molecular formula is C22H25N2O5+. The Morgan fingerprint density at radius 1 is 1.17 bits per heavy atom. The maximum Gasteiger partial charge on any atom is 0.268 e. The van der Waals surface area contributed by atoms with E-state index in [-0.39, 0.29) is 12.2 Å². The molecule has 0 radical (unpaired) electrons. The number of fused-ring (bicyclic) bond motifs is 1. The van der Waals surface area contributed by atoms with E-state index in [1.165, 1.54) is 12.0 Å². The largest absolute Gasteiger partial charge is 0.496 e. The first-order valence-corrected chi connectivity index (χ1v) is 9.76. The van der Waals surface area contributed by atoms with E-state index in [2.05, 4.69) is 0 Å². The molecule has 0 spiro atoms. The number of anilines is 1. The Morgan fingerprint density at radius 2 is 1.86 bits per heavy atom. The zero-order valence-corrected chi connectivity index (χ0v) is 16.4. The molecule has 7 nitrogen and oxygen atoms in total. The van der Waals surface area contributed by atoms with Crippen LogP contribution in [0.5, 0.6) is 5.75 Å². The Hall–Kier alpha value is -2.74. The van der Waals surface area contributed by atoms with E-state index in [4.69, 9.17) is 9.47 Å². The van der Waals surface area contributed by atoms with Crippen molar-refractivity contribution in [3.8, 4) is 5.75 Å². The molecule has 2 aliphatic rings. The van der Waals surface area contributed by atoms with E-state index >= 15 is 0 Å². The molecule has 7 heteroatoms. The number of ketones is 1. The van der Waals surface area contributed by atoms with Crippen LogP contribution in [-0.4, -0.2) is 56.9 Å². The number of hydrogen-bond donors (Lipinski definition) is 2. The van der Waals surface area contributed by atoms with Gasteiger partial charge in [-0.15, -0.1) is 0 Å². The number of nitrogens with zero attached hydrogens (tertiary/aromatic N) is 1. The standard InChI is InChI=1S/C22H24N2O5/c1-28-20-9-5-2-6-16(20)19(25)14-22(27)17-7-3-4-8-18(17)24(21(22)26)15-23-10-12-29-13-11-23/h2-9,27H,10-15H2,1H3/p+1/t22-/m0/s1. The lowest BCUT2D eigenvalue weighted by atomic mass is 9.88. The summed E-state index contributed by atoms with van der Waals surface area (Å²) in [5.41, 5.74) is -0.404. The highest BCUT2D eigenvalue weighted by molar-refractivity contribution is 6.11. The lowest BCUT2D eigenvalue weighted by Crippen LogP contribution is -3.15. The Bertz CT molecular complexity index is 925. The Labute approximate surface area is 169 Å². The summed E-state index contributed by atoms with van der Waals surface area (Å²) in [7, 11) is 1.49. The molecule has 0 saturated carbocycles. The number of para-hydroxylation sites is 2. The van der Waals surface area contributed by atoms with Gasteiger partial charge in [0.1, 0.15) is 18.8 Å². The number of amides is 1. The van der Waals surface area contributed by atoms with Crippen molar-refractivity contribution in [3.63, 3.8) is 0 Å². The van der Waals surface area contributed by atoms with Crippen molar-refractivity contribution in [1.82, 2.24) is 0 Å². The molecule has 2 heterocycles. The number of methoxy groups -OCH3 is 1. The number of Topliss-reactive ketones (excluding diaryl/α,β-unsaturated/α-hetero) is 1. The molecule has 2 aromatic rings. The second-order valence-corrected chi connectivity index (χ2v) is 7.43. The summed E-state index contributed by atoms with van der Waals surface area (Å²) in [5.74, 6) is -0.371. The van der Waals surface area contributed by atoms with Gasteiger partial charge >= 0.3 is 0 Å². The highest BCUT2D eigenvalue weighted by atomic mass is 16.5. The summed E-state index contributed by atoms with van der Waals surface area (Å²) in [4.78, 5) is 29.1. The predicted molar refractivity (Wildman–Crippen MR) is 106 cm³/mol. The number of nitrogens with one attached hydrogen (secondary N) is 1. The van der Waals surface area contributed by atoms with Crippen LogP contribution in [0.25, 0.3) is 0 Å². The number of rotatable bonds is 6. The number of carbonyl (C=O) groups excluding carboxylic acids is 2. The maximum absolute atomic E-state index is 13.3. The normalized spacial score (nSPS) is 21.9. The van der Waals surface area contributed by atoms with Crippen LogP contribution in [0.15, 0.2) is 48.5 Å². The molecule has 29 heavy (non-hydrogen) atoms. The van der Waals surface area contributed by atoms with Crippen LogP contribution in [0.2, 0.25) is 0 Å². The second kappa shape index (κ2) is 7.94. The van der Waals surface area contributed by atoms with E-state index in [0.717, 1.165) is 13.1 Å². The fraction of sp³-hybridized carbons (Fsp3) is 0.364. The number of ether oxygens (including phenoxy) is 2. The maximum atomic E-state index is 13.3. The van der Waals surface area contributed by atoms with Gasteiger partial charge in [0.05, 0.1) is 38.0 Å². The minimum Gasteiger partial charge on any atom is -0.496 e. The first-order chi connectivity index (χ1) is 14.0. The molecular weight excluding hydrogens is 372 g/mol. The molecule has 2 aliphatic heterocycles. The fourth-order valence-corrected chi connectivity index (χ4v) is 4.08. The molecule has 1 atom stereocenters. The smallest absolute Gasteiger partial charge is 0.268 e. The summed E-state index contributed by atoms with van der Waals surface area (Å²) in [5, 5.41) is 11.4. The van der Waals surface area contributed by atoms with Crippen LogP contribution in [0, 0.1) is 0 Å². The van der Waals surface area contributed by atoms with Crippen LogP contribution < -0.4 is 14.5 Å². The summed E-state index contributed by atoms with van der Waals surface area (Å²) in [6.45, 7) is 3.32. The summed E-state index contributed by atoms with van der Waals surface area (Å²) < 4.78 is 10.7. The fourth-order valence-electron chi connectivity index (χ4n) is 4.08. The summed E-state index contributed by atoms with van der Waals surface area (Å²) >= 11 is 0. The molecule has 152 valence electrons. The Kier molecular flexibility index (Phi) is 5.36. The minimum atomic E-state index is -1.89.